The molecule has 6 nitrogen and oxygen atoms in total. The molecular weight excluding hydrogens is 425 g/mol. The van der Waals surface area contributed by atoms with Gasteiger partial charge in [-0.25, -0.2) is 0 Å². The van der Waals surface area contributed by atoms with Crippen LogP contribution < -0.4 is 15.6 Å². The zero-order valence-corrected chi connectivity index (χ0v) is 17.1. The number of pyridine rings is 1. The average Bonchev–Trinajstić information content (AvgIpc) is 2.72. The van der Waals surface area contributed by atoms with Crippen molar-refractivity contribution in [2.45, 2.75) is 32.7 Å². The van der Waals surface area contributed by atoms with Gasteiger partial charge in [-0.05, 0) is 43.2 Å². The number of amides is 1. The number of aryl methyl sites for hydroxylation is 2. The van der Waals surface area contributed by atoms with Crippen LogP contribution >= 0.6 is 0 Å². The second kappa shape index (κ2) is 7.83. The van der Waals surface area contributed by atoms with Gasteiger partial charge in [0.15, 0.2) is 0 Å². The number of aromatic nitrogens is 1. The van der Waals surface area contributed by atoms with Gasteiger partial charge < -0.3 is 20.1 Å². The molecule has 3 aromatic rings. The number of hydrogen-bond donors (Lipinski definition) is 3. The van der Waals surface area contributed by atoms with E-state index in [1.165, 1.54) is 0 Å². The number of alkyl halides is 3. The van der Waals surface area contributed by atoms with E-state index < -0.39 is 47.1 Å². The molecular formula is C23H19F3N2O4. The van der Waals surface area contributed by atoms with Gasteiger partial charge in [0.1, 0.15) is 22.8 Å². The highest BCUT2D eigenvalue weighted by Crippen LogP contribution is 2.44. The van der Waals surface area contributed by atoms with Crippen molar-refractivity contribution in [3.63, 3.8) is 0 Å². The Kier molecular flexibility index (Phi) is 5.29. The van der Waals surface area contributed by atoms with Crippen LogP contribution in [0.25, 0.3) is 0 Å². The van der Waals surface area contributed by atoms with E-state index in [0.29, 0.717) is 22.6 Å². The van der Waals surface area contributed by atoms with Crippen LogP contribution in [0, 0.1) is 13.8 Å². The Hall–Kier alpha value is -3.59. The number of rotatable bonds is 3. The molecule has 0 spiro atoms. The second-order valence-corrected chi connectivity index (χ2v) is 7.60. The van der Waals surface area contributed by atoms with Crippen molar-refractivity contribution in [1.29, 1.82) is 0 Å². The Morgan fingerprint density at radius 2 is 1.91 bits per heavy atom. The van der Waals surface area contributed by atoms with Gasteiger partial charge in [-0.15, -0.1) is 0 Å². The molecule has 2 heterocycles. The van der Waals surface area contributed by atoms with Crippen LogP contribution in [0.2, 0.25) is 0 Å². The molecule has 0 aliphatic carbocycles. The van der Waals surface area contributed by atoms with Crippen molar-refractivity contribution in [3.05, 3.63) is 91.9 Å². The molecule has 9 heteroatoms. The fourth-order valence-electron chi connectivity index (χ4n) is 3.83. The van der Waals surface area contributed by atoms with Crippen molar-refractivity contribution in [2.24, 2.45) is 0 Å². The molecule has 0 saturated heterocycles. The van der Waals surface area contributed by atoms with Crippen molar-refractivity contribution < 1.29 is 27.8 Å². The molecule has 0 saturated carbocycles. The lowest BCUT2D eigenvalue weighted by atomic mass is 9.90. The van der Waals surface area contributed by atoms with E-state index in [4.69, 9.17) is 4.74 Å². The molecule has 0 radical (unpaired) electrons. The number of ether oxygens (including phenoxy) is 1. The minimum atomic E-state index is -4.88. The molecule has 2 aromatic carbocycles. The number of aliphatic hydroxyl groups is 1. The number of carbonyl (C=O) groups excluding carboxylic acids is 1. The quantitative estimate of drug-likeness (QED) is 0.567. The number of carbonyl (C=O) groups is 1. The molecule has 32 heavy (non-hydrogen) atoms. The third-order valence-electron chi connectivity index (χ3n) is 5.37. The monoisotopic (exact) mass is 444 g/mol. The van der Waals surface area contributed by atoms with Crippen molar-refractivity contribution in [2.75, 3.05) is 0 Å². The summed E-state index contributed by atoms with van der Waals surface area (Å²) >= 11 is 0. The van der Waals surface area contributed by atoms with Crippen molar-refractivity contribution in [3.8, 4) is 11.5 Å². The maximum atomic E-state index is 13.1. The van der Waals surface area contributed by atoms with Crippen LogP contribution in [-0.2, 0) is 12.8 Å². The predicted octanol–water partition coefficient (Wildman–Crippen LogP) is 4.13. The van der Waals surface area contributed by atoms with Crippen LogP contribution in [0.1, 0.15) is 49.9 Å². The highest BCUT2D eigenvalue weighted by atomic mass is 19.4. The maximum Gasteiger partial charge on any atom is 0.431 e. The first-order chi connectivity index (χ1) is 15.1. The van der Waals surface area contributed by atoms with E-state index in [9.17, 15) is 27.9 Å². The van der Waals surface area contributed by atoms with E-state index >= 15 is 0 Å². The van der Waals surface area contributed by atoms with Crippen LogP contribution in [-0.4, -0.2) is 16.0 Å². The summed E-state index contributed by atoms with van der Waals surface area (Å²) in [7, 11) is 0. The highest BCUT2D eigenvalue weighted by Gasteiger charge is 2.36. The molecule has 3 N–H and O–H groups in total. The lowest BCUT2D eigenvalue weighted by Crippen LogP contribution is -2.36. The largest absolute Gasteiger partial charge is 0.457 e. The number of fused-ring (bicyclic) bond motifs is 2. The molecule has 1 aliphatic heterocycles. The van der Waals surface area contributed by atoms with Crippen LogP contribution in [0.3, 0.4) is 0 Å². The van der Waals surface area contributed by atoms with Gasteiger partial charge in [0.05, 0.1) is 12.6 Å². The number of H-pyrrole nitrogens is 1. The van der Waals surface area contributed by atoms with E-state index in [-0.39, 0.29) is 0 Å². The summed E-state index contributed by atoms with van der Waals surface area (Å²) in [6.07, 6.45) is -4.88. The minimum absolute atomic E-state index is 0.530. The molecule has 166 valence electrons. The van der Waals surface area contributed by atoms with Gasteiger partial charge in [0.2, 0.25) is 0 Å². The fourth-order valence-corrected chi connectivity index (χ4v) is 3.83. The molecule has 1 amide bonds. The Morgan fingerprint density at radius 1 is 1.16 bits per heavy atom. The Bertz CT molecular complexity index is 1280. The summed E-state index contributed by atoms with van der Waals surface area (Å²) in [6, 6.07) is 10.9. The highest BCUT2D eigenvalue weighted by molar-refractivity contribution is 5.94. The third kappa shape index (κ3) is 3.75. The second-order valence-electron chi connectivity index (χ2n) is 7.60. The van der Waals surface area contributed by atoms with Crippen molar-refractivity contribution >= 4 is 5.91 Å². The predicted molar refractivity (Wildman–Crippen MR) is 110 cm³/mol. The smallest absolute Gasteiger partial charge is 0.431 e. The molecule has 0 fully saturated rings. The number of hydrogen-bond acceptors (Lipinski definition) is 4. The SMILES string of the molecule is Cc1ccc2c(c1)Oc1cccc(C)c1C2NC(=O)c1cc(CO)c(C(F)(F)F)[nH]c1=O. The van der Waals surface area contributed by atoms with E-state index in [1.54, 1.807) is 17.1 Å². The number of benzene rings is 2. The Morgan fingerprint density at radius 3 is 2.59 bits per heavy atom. The normalized spacial score (nSPS) is 14.9. The molecule has 1 atom stereocenters. The molecule has 1 aromatic heterocycles. The van der Waals surface area contributed by atoms with E-state index in [2.05, 4.69) is 5.32 Å². The molecule has 4 rings (SSSR count). The lowest BCUT2D eigenvalue weighted by Gasteiger charge is -2.30. The number of nitrogens with one attached hydrogen (secondary N) is 2. The standard InChI is InChI=1S/C23H19F3N2O4/c1-11-6-7-14-17(8-11)32-16-5-3-4-12(2)18(16)19(14)27-21(30)15-9-13(10-29)20(23(24,25)26)28-22(15)31/h3-9,19,29H,10H2,1-2H3,(H,27,30)(H,28,31). The maximum absolute atomic E-state index is 13.1. The number of aromatic amines is 1. The third-order valence-corrected chi connectivity index (χ3v) is 5.37. The first-order valence-electron chi connectivity index (χ1n) is 9.73. The van der Waals surface area contributed by atoms with Gasteiger partial charge in [0.25, 0.3) is 11.5 Å². The lowest BCUT2D eigenvalue weighted by molar-refractivity contribution is -0.142. The first-order valence-corrected chi connectivity index (χ1v) is 9.73. The average molecular weight is 444 g/mol. The number of halogens is 3. The minimum Gasteiger partial charge on any atom is -0.457 e. The van der Waals surface area contributed by atoms with Crippen molar-refractivity contribution in [1.82, 2.24) is 10.3 Å². The van der Waals surface area contributed by atoms with Crippen LogP contribution in [0.15, 0.2) is 47.3 Å². The van der Waals surface area contributed by atoms with E-state index in [1.807, 2.05) is 38.1 Å². The molecule has 0 bridgehead atoms. The summed E-state index contributed by atoms with van der Waals surface area (Å²) in [5.74, 6) is 0.193. The summed E-state index contributed by atoms with van der Waals surface area (Å²) in [5.41, 5.74) is -0.602. The Balaban J connectivity index is 1.79. The first kappa shape index (κ1) is 21.6. The van der Waals surface area contributed by atoms with Gasteiger partial charge in [-0.2, -0.15) is 13.2 Å². The summed E-state index contributed by atoms with van der Waals surface area (Å²) in [4.78, 5) is 27.0. The molecule has 1 unspecified atom stereocenters. The van der Waals surface area contributed by atoms with Gasteiger partial charge in [-0.1, -0.05) is 24.3 Å². The van der Waals surface area contributed by atoms with Gasteiger partial charge in [0, 0.05) is 16.7 Å². The van der Waals surface area contributed by atoms with Crippen LogP contribution in [0.4, 0.5) is 13.2 Å². The van der Waals surface area contributed by atoms with Gasteiger partial charge in [-0.3, -0.25) is 9.59 Å². The zero-order chi connectivity index (χ0) is 23.2. The van der Waals surface area contributed by atoms with Gasteiger partial charge >= 0.3 is 6.18 Å². The summed E-state index contributed by atoms with van der Waals surface area (Å²) in [6.45, 7) is 2.74. The number of aliphatic hydroxyl groups excluding tert-OH is 1. The Labute approximate surface area is 180 Å². The van der Waals surface area contributed by atoms with Crippen LogP contribution in [0.5, 0.6) is 11.5 Å². The topological polar surface area (TPSA) is 91.4 Å². The summed E-state index contributed by atoms with van der Waals surface area (Å²) in [5, 5.41) is 12.1. The fraction of sp³-hybridized carbons (Fsp3) is 0.217. The zero-order valence-electron chi connectivity index (χ0n) is 17.1. The molecule has 1 aliphatic rings. The van der Waals surface area contributed by atoms with E-state index in [0.717, 1.165) is 17.2 Å². The summed E-state index contributed by atoms with van der Waals surface area (Å²) < 4.78 is 45.4.